The van der Waals surface area contributed by atoms with Gasteiger partial charge in [0.15, 0.2) is 5.65 Å². The smallest absolute Gasteiger partial charge is 0.251 e. The summed E-state index contributed by atoms with van der Waals surface area (Å²) < 4.78 is 5.23. The Hall–Kier alpha value is -3.48. The quantitative estimate of drug-likeness (QED) is 0.599. The van der Waals surface area contributed by atoms with Gasteiger partial charge >= 0.3 is 0 Å². The molecule has 0 spiro atoms. The maximum Gasteiger partial charge on any atom is 0.251 e. The number of methoxy groups -OCH3 is 1. The van der Waals surface area contributed by atoms with E-state index in [4.69, 9.17) is 4.74 Å². The van der Waals surface area contributed by atoms with Crippen molar-refractivity contribution in [1.29, 1.82) is 0 Å². The number of rotatable bonds is 4. The predicted octanol–water partition coefficient (Wildman–Crippen LogP) is 2.70. The van der Waals surface area contributed by atoms with Crippen LogP contribution in [-0.4, -0.2) is 33.2 Å². The van der Waals surface area contributed by atoms with Crippen LogP contribution in [0.2, 0.25) is 0 Å². The first-order chi connectivity index (χ1) is 12.2. The van der Waals surface area contributed by atoms with E-state index in [1.54, 1.807) is 7.11 Å². The SMILES string of the molecule is COc1ccc2[nH]c3nc(NC(=O)Cc4ccccc4)nnc3c2c1. The van der Waals surface area contributed by atoms with Crippen LogP contribution >= 0.6 is 0 Å². The van der Waals surface area contributed by atoms with Gasteiger partial charge in [0, 0.05) is 10.9 Å². The van der Waals surface area contributed by atoms with Crippen LogP contribution in [0.4, 0.5) is 5.95 Å². The number of carbonyl (C=O) groups is 1. The zero-order chi connectivity index (χ0) is 17.2. The van der Waals surface area contributed by atoms with Gasteiger partial charge in [0.1, 0.15) is 11.3 Å². The zero-order valence-corrected chi connectivity index (χ0v) is 13.5. The minimum absolute atomic E-state index is 0.173. The average molecular weight is 333 g/mol. The van der Waals surface area contributed by atoms with Crippen LogP contribution in [0.3, 0.4) is 0 Å². The minimum atomic E-state index is -0.190. The monoisotopic (exact) mass is 333 g/mol. The highest BCUT2D eigenvalue weighted by atomic mass is 16.5. The van der Waals surface area contributed by atoms with Crippen LogP contribution in [0.1, 0.15) is 5.56 Å². The molecule has 0 saturated heterocycles. The average Bonchev–Trinajstić information content (AvgIpc) is 2.99. The Kier molecular flexibility index (Phi) is 3.74. The van der Waals surface area contributed by atoms with Crippen LogP contribution < -0.4 is 10.1 Å². The number of H-pyrrole nitrogens is 1. The Labute approximate surface area is 143 Å². The molecule has 2 N–H and O–H groups in total. The number of benzene rings is 2. The summed E-state index contributed by atoms with van der Waals surface area (Å²) in [5.41, 5.74) is 3.00. The lowest BCUT2D eigenvalue weighted by Gasteiger charge is -2.03. The summed E-state index contributed by atoms with van der Waals surface area (Å²) in [6.45, 7) is 0. The predicted molar refractivity (Wildman–Crippen MR) is 94.5 cm³/mol. The Morgan fingerprint density at radius 2 is 2.00 bits per heavy atom. The lowest BCUT2D eigenvalue weighted by molar-refractivity contribution is -0.115. The summed E-state index contributed by atoms with van der Waals surface area (Å²) in [5.74, 6) is 0.715. The highest BCUT2D eigenvalue weighted by molar-refractivity contribution is 6.04. The van der Waals surface area contributed by atoms with Crippen molar-refractivity contribution in [3.63, 3.8) is 0 Å². The van der Waals surface area contributed by atoms with E-state index in [1.807, 2.05) is 48.5 Å². The van der Waals surface area contributed by atoms with Crippen molar-refractivity contribution in [3.05, 3.63) is 54.1 Å². The van der Waals surface area contributed by atoms with E-state index in [1.165, 1.54) is 0 Å². The van der Waals surface area contributed by atoms with Crippen LogP contribution in [0, 0.1) is 0 Å². The molecule has 0 unspecified atom stereocenters. The summed E-state index contributed by atoms with van der Waals surface area (Å²) in [6.07, 6.45) is 0.256. The van der Waals surface area contributed by atoms with Crippen molar-refractivity contribution < 1.29 is 9.53 Å². The van der Waals surface area contributed by atoms with Crippen molar-refractivity contribution in [2.75, 3.05) is 12.4 Å². The second kappa shape index (κ2) is 6.20. The van der Waals surface area contributed by atoms with Gasteiger partial charge in [-0.1, -0.05) is 30.3 Å². The Morgan fingerprint density at radius 1 is 1.16 bits per heavy atom. The molecule has 1 amide bonds. The summed E-state index contributed by atoms with van der Waals surface area (Å²) >= 11 is 0. The van der Waals surface area contributed by atoms with Crippen LogP contribution in [-0.2, 0) is 11.2 Å². The standard InChI is InChI=1S/C18H15N5O2/c1-25-12-7-8-14-13(10-12)16-17(19-14)21-18(23-22-16)20-15(24)9-11-5-3-2-4-6-11/h2-8,10H,9H2,1H3,(H2,19,20,21,23,24). The largest absolute Gasteiger partial charge is 0.497 e. The lowest BCUT2D eigenvalue weighted by atomic mass is 10.1. The molecule has 0 radical (unpaired) electrons. The summed E-state index contributed by atoms with van der Waals surface area (Å²) in [5, 5.41) is 11.8. The molecule has 2 aromatic heterocycles. The van der Waals surface area contributed by atoms with Gasteiger partial charge in [0.2, 0.25) is 5.91 Å². The van der Waals surface area contributed by atoms with Gasteiger partial charge in [0.25, 0.3) is 5.95 Å². The molecule has 0 bridgehead atoms. The number of hydrogen-bond acceptors (Lipinski definition) is 5. The molecule has 7 nitrogen and oxygen atoms in total. The number of aromatic amines is 1. The van der Waals surface area contributed by atoms with Crippen molar-refractivity contribution in [2.45, 2.75) is 6.42 Å². The maximum absolute atomic E-state index is 12.1. The van der Waals surface area contributed by atoms with Crippen LogP contribution in [0.5, 0.6) is 5.75 Å². The zero-order valence-electron chi connectivity index (χ0n) is 13.5. The fourth-order valence-electron chi connectivity index (χ4n) is 2.68. The molecule has 0 atom stereocenters. The van der Waals surface area contributed by atoms with Gasteiger partial charge in [-0.3, -0.25) is 10.1 Å². The topological polar surface area (TPSA) is 92.8 Å². The molecule has 0 aliphatic rings. The number of amides is 1. The summed E-state index contributed by atoms with van der Waals surface area (Å²) in [6, 6.07) is 15.1. The van der Waals surface area contributed by atoms with Gasteiger partial charge in [-0.15, -0.1) is 10.2 Å². The molecule has 0 aliphatic heterocycles. The first-order valence-corrected chi connectivity index (χ1v) is 7.77. The van der Waals surface area contributed by atoms with E-state index in [2.05, 4.69) is 25.5 Å². The van der Waals surface area contributed by atoms with E-state index in [9.17, 15) is 4.79 Å². The number of nitrogens with zero attached hydrogens (tertiary/aromatic N) is 3. The molecule has 25 heavy (non-hydrogen) atoms. The summed E-state index contributed by atoms with van der Waals surface area (Å²) in [7, 11) is 1.61. The lowest BCUT2D eigenvalue weighted by Crippen LogP contribution is -2.16. The van der Waals surface area contributed by atoms with Crippen molar-refractivity contribution >= 4 is 33.9 Å². The van der Waals surface area contributed by atoms with E-state index in [0.717, 1.165) is 22.2 Å². The normalized spacial score (nSPS) is 10.9. The molecule has 4 rings (SSSR count). The molecule has 2 aromatic carbocycles. The molecule has 124 valence electrons. The molecule has 0 aliphatic carbocycles. The second-order valence-corrected chi connectivity index (χ2v) is 5.58. The van der Waals surface area contributed by atoms with Gasteiger partial charge in [0.05, 0.1) is 13.5 Å². The van der Waals surface area contributed by atoms with Crippen molar-refractivity contribution in [1.82, 2.24) is 20.2 Å². The van der Waals surface area contributed by atoms with Gasteiger partial charge in [-0.25, -0.2) is 0 Å². The first kappa shape index (κ1) is 15.1. The number of hydrogen-bond donors (Lipinski definition) is 2. The fraction of sp³-hybridized carbons (Fsp3) is 0.111. The Bertz CT molecular complexity index is 1060. The maximum atomic E-state index is 12.1. The highest BCUT2D eigenvalue weighted by Crippen LogP contribution is 2.26. The molecular weight excluding hydrogens is 318 g/mol. The van der Waals surface area contributed by atoms with E-state index < -0.39 is 0 Å². The Morgan fingerprint density at radius 3 is 2.80 bits per heavy atom. The second-order valence-electron chi connectivity index (χ2n) is 5.58. The van der Waals surface area contributed by atoms with Crippen molar-refractivity contribution in [2.24, 2.45) is 0 Å². The number of carbonyl (C=O) groups excluding carboxylic acids is 1. The number of nitrogens with one attached hydrogen (secondary N) is 2. The number of ether oxygens (including phenoxy) is 1. The molecule has 0 fully saturated rings. The van der Waals surface area contributed by atoms with Crippen molar-refractivity contribution in [3.8, 4) is 5.75 Å². The molecule has 7 heteroatoms. The van der Waals surface area contributed by atoms with Crippen LogP contribution in [0.25, 0.3) is 22.1 Å². The molecule has 4 aromatic rings. The summed E-state index contributed by atoms with van der Waals surface area (Å²) in [4.78, 5) is 19.6. The van der Waals surface area contributed by atoms with E-state index in [0.29, 0.717) is 11.2 Å². The third-order valence-electron chi connectivity index (χ3n) is 3.88. The first-order valence-electron chi connectivity index (χ1n) is 7.77. The number of aromatic nitrogens is 4. The van der Waals surface area contributed by atoms with Gasteiger partial charge < -0.3 is 9.72 Å². The minimum Gasteiger partial charge on any atom is -0.497 e. The molecule has 0 saturated carbocycles. The van der Waals surface area contributed by atoms with Crippen LogP contribution in [0.15, 0.2) is 48.5 Å². The molecular formula is C18H15N5O2. The van der Waals surface area contributed by atoms with Gasteiger partial charge in [-0.05, 0) is 23.8 Å². The fourth-order valence-corrected chi connectivity index (χ4v) is 2.68. The van der Waals surface area contributed by atoms with Gasteiger partial charge in [-0.2, -0.15) is 4.98 Å². The van der Waals surface area contributed by atoms with E-state index >= 15 is 0 Å². The molecule has 2 heterocycles. The highest BCUT2D eigenvalue weighted by Gasteiger charge is 2.12. The number of anilines is 1. The third-order valence-corrected chi connectivity index (χ3v) is 3.88. The Balaban J connectivity index is 1.60. The van der Waals surface area contributed by atoms with E-state index in [-0.39, 0.29) is 18.3 Å². The number of fused-ring (bicyclic) bond motifs is 3. The third kappa shape index (κ3) is 2.99.